The average molecular weight is 345 g/mol. The van der Waals surface area contributed by atoms with E-state index in [2.05, 4.69) is 22.4 Å². The van der Waals surface area contributed by atoms with Crippen molar-refractivity contribution in [3.05, 3.63) is 36.5 Å². The largest absolute Gasteiger partial charge is 0.376 e. The maximum Gasteiger partial charge on any atom is 0.230 e. The fourth-order valence-electron chi connectivity index (χ4n) is 2.92. The molecule has 1 aliphatic heterocycles. The van der Waals surface area contributed by atoms with Crippen LogP contribution >= 0.6 is 11.8 Å². The molecule has 1 aromatic heterocycles. The normalized spacial score (nSPS) is 18.5. The Labute approximate surface area is 146 Å². The molecule has 0 unspecified atom stereocenters. The molecule has 1 fully saturated rings. The minimum absolute atomic E-state index is 0.0206. The van der Waals surface area contributed by atoms with Gasteiger partial charge in [-0.05, 0) is 25.3 Å². The molecule has 1 saturated heterocycles. The van der Waals surface area contributed by atoms with E-state index in [9.17, 15) is 4.79 Å². The molecule has 5 nitrogen and oxygen atoms in total. The van der Waals surface area contributed by atoms with Gasteiger partial charge < -0.3 is 14.6 Å². The lowest BCUT2D eigenvalue weighted by molar-refractivity contribution is -0.120. The predicted molar refractivity (Wildman–Crippen MR) is 95.9 cm³/mol. The van der Waals surface area contributed by atoms with E-state index in [4.69, 9.17) is 4.74 Å². The summed E-state index contributed by atoms with van der Waals surface area (Å²) in [6.45, 7) is 2.81. The first-order chi connectivity index (χ1) is 11.6. The second-order valence-electron chi connectivity index (χ2n) is 6.05. The van der Waals surface area contributed by atoms with Gasteiger partial charge in [0.05, 0.1) is 29.8 Å². The Morgan fingerprint density at radius 1 is 1.46 bits per heavy atom. The van der Waals surface area contributed by atoms with Gasteiger partial charge in [-0.2, -0.15) is 0 Å². The summed E-state index contributed by atoms with van der Waals surface area (Å²) in [6.07, 6.45) is 4.10. The molecule has 6 heteroatoms. The van der Waals surface area contributed by atoms with Gasteiger partial charge in [-0.15, -0.1) is 0 Å². The number of hydrogen-bond acceptors (Lipinski definition) is 4. The molecule has 0 bridgehead atoms. The van der Waals surface area contributed by atoms with Gasteiger partial charge in [-0.3, -0.25) is 4.79 Å². The highest BCUT2D eigenvalue weighted by molar-refractivity contribution is 7.99. The van der Waals surface area contributed by atoms with Crippen molar-refractivity contribution in [3.8, 4) is 11.3 Å². The molecule has 2 aromatic rings. The maximum atomic E-state index is 12.1. The number of amides is 1. The monoisotopic (exact) mass is 345 g/mol. The smallest absolute Gasteiger partial charge is 0.230 e. The van der Waals surface area contributed by atoms with E-state index in [0.717, 1.165) is 35.9 Å². The Balaban J connectivity index is 1.55. The summed E-state index contributed by atoms with van der Waals surface area (Å²) in [4.78, 5) is 16.6. The maximum absolute atomic E-state index is 12.1. The van der Waals surface area contributed by atoms with E-state index in [1.165, 1.54) is 11.8 Å². The van der Waals surface area contributed by atoms with Crippen LogP contribution in [0.5, 0.6) is 0 Å². The van der Waals surface area contributed by atoms with E-state index < -0.39 is 0 Å². The molecule has 0 aliphatic carbocycles. The lowest BCUT2D eigenvalue weighted by Crippen LogP contribution is -2.41. The van der Waals surface area contributed by atoms with Crippen LogP contribution in [0.3, 0.4) is 0 Å². The molecular formula is C18H23N3O2S. The first-order valence-corrected chi connectivity index (χ1v) is 9.24. The van der Waals surface area contributed by atoms with Crippen molar-refractivity contribution >= 4 is 17.7 Å². The van der Waals surface area contributed by atoms with Crippen molar-refractivity contribution < 1.29 is 9.53 Å². The van der Waals surface area contributed by atoms with Crippen LogP contribution in [0.15, 0.2) is 41.7 Å². The Hall–Kier alpha value is -1.79. The molecular weight excluding hydrogens is 322 g/mol. The van der Waals surface area contributed by atoms with E-state index in [-0.39, 0.29) is 18.1 Å². The zero-order chi connectivity index (χ0) is 16.9. The summed E-state index contributed by atoms with van der Waals surface area (Å²) in [5.74, 6) is 0.378. The zero-order valence-electron chi connectivity index (χ0n) is 14.1. The van der Waals surface area contributed by atoms with Crippen molar-refractivity contribution in [3.63, 3.8) is 0 Å². The number of nitrogens with zero attached hydrogens (tertiary/aromatic N) is 2. The topological polar surface area (TPSA) is 56.2 Å². The number of ether oxygens (including phenoxy) is 1. The molecule has 1 amide bonds. The lowest BCUT2D eigenvalue weighted by Gasteiger charge is -2.19. The fourth-order valence-corrected chi connectivity index (χ4v) is 3.68. The standard InChI is InChI=1S/C18H23N3O2S/c1-13(16-9-6-10-23-16)20-17(22)12-24-18-19-11-15(21(18)2)14-7-4-3-5-8-14/h3-5,7-8,11,13,16H,6,9-10,12H2,1-2H3,(H,20,22)/t13-,16+/m0/s1. The minimum Gasteiger partial charge on any atom is -0.376 e. The second kappa shape index (κ2) is 7.85. The molecule has 2 atom stereocenters. The highest BCUT2D eigenvalue weighted by Crippen LogP contribution is 2.24. The summed E-state index contributed by atoms with van der Waals surface area (Å²) in [6, 6.07) is 10.2. The van der Waals surface area contributed by atoms with Gasteiger partial charge in [0.25, 0.3) is 0 Å². The summed E-state index contributed by atoms with van der Waals surface area (Å²) in [5, 5.41) is 3.87. The summed E-state index contributed by atoms with van der Waals surface area (Å²) < 4.78 is 7.64. The molecule has 3 rings (SSSR count). The highest BCUT2D eigenvalue weighted by atomic mass is 32.2. The summed E-state index contributed by atoms with van der Waals surface area (Å²) in [5.41, 5.74) is 2.17. The predicted octanol–water partition coefficient (Wildman–Crippen LogP) is 2.86. The number of benzene rings is 1. The summed E-state index contributed by atoms with van der Waals surface area (Å²) >= 11 is 1.45. The molecule has 0 radical (unpaired) electrons. The molecule has 1 aromatic carbocycles. The van der Waals surface area contributed by atoms with Crippen LogP contribution in [0, 0.1) is 0 Å². The van der Waals surface area contributed by atoms with Gasteiger partial charge in [-0.25, -0.2) is 4.98 Å². The number of carbonyl (C=O) groups is 1. The van der Waals surface area contributed by atoms with Gasteiger partial charge in [0, 0.05) is 13.7 Å². The zero-order valence-corrected chi connectivity index (χ0v) is 14.9. The van der Waals surface area contributed by atoms with Crippen LogP contribution in [0.1, 0.15) is 19.8 Å². The third kappa shape index (κ3) is 3.99. The van der Waals surface area contributed by atoms with Gasteiger partial charge in [0.1, 0.15) is 0 Å². The SMILES string of the molecule is C[C@H](NC(=O)CSc1ncc(-c2ccccc2)n1C)[C@H]1CCCO1. The van der Waals surface area contributed by atoms with E-state index in [1.807, 2.05) is 42.9 Å². The van der Waals surface area contributed by atoms with E-state index in [0.29, 0.717) is 5.75 Å². The summed E-state index contributed by atoms with van der Waals surface area (Å²) in [7, 11) is 1.98. The van der Waals surface area contributed by atoms with Crippen molar-refractivity contribution in [2.75, 3.05) is 12.4 Å². The molecule has 24 heavy (non-hydrogen) atoms. The molecule has 128 valence electrons. The molecule has 1 N–H and O–H groups in total. The van der Waals surface area contributed by atoms with Gasteiger partial charge in [0.15, 0.2) is 5.16 Å². The third-order valence-corrected chi connectivity index (χ3v) is 5.30. The Morgan fingerprint density at radius 3 is 2.96 bits per heavy atom. The molecule has 2 heterocycles. The number of carbonyl (C=O) groups excluding carboxylic acids is 1. The fraction of sp³-hybridized carbons (Fsp3) is 0.444. The molecule has 1 aliphatic rings. The van der Waals surface area contributed by atoms with Crippen molar-refractivity contribution in [1.29, 1.82) is 0 Å². The first kappa shape index (κ1) is 17.0. The van der Waals surface area contributed by atoms with Gasteiger partial charge >= 0.3 is 0 Å². The number of nitrogens with one attached hydrogen (secondary N) is 1. The number of rotatable bonds is 6. The van der Waals surface area contributed by atoms with Crippen LogP contribution in [0.4, 0.5) is 0 Å². The Morgan fingerprint density at radius 2 is 2.25 bits per heavy atom. The van der Waals surface area contributed by atoms with Gasteiger partial charge in [-0.1, -0.05) is 42.1 Å². The minimum atomic E-state index is 0.0206. The van der Waals surface area contributed by atoms with Crippen LogP contribution in [-0.2, 0) is 16.6 Å². The molecule has 0 saturated carbocycles. The van der Waals surface area contributed by atoms with Crippen LogP contribution in [0.2, 0.25) is 0 Å². The lowest BCUT2D eigenvalue weighted by atomic mass is 10.1. The van der Waals surface area contributed by atoms with Gasteiger partial charge in [0.2, 0.25) is 5.91 Å². The number of hydrogen-bond donors (Lipinski definition) is 1. The van der Waals surface area contributed by atoms with Crippen molar-refractivity contribution in [1.82, 2.24) is 14.9 Å². The van der Waals surface area contributed by atoms with Crippen LogP contribution in [-0.4, -0.2) is 40.0 Å². The molecule has 0 spiro atoms. The van der Waals surface area contributed by atoms with Crippen LogP contribution < -0.4 is 5.32 Å². The average Bonchev–Trinajstić information content (AvgIpc) is 3.24. The quantitative estimate of drug-likeness (QED) is 0.818. The van der Waals surface area contributed by atoms with Crippen molar-refractivity contribution in [2.45, 2.75) is 37.1 Å². The highest BCUT2D eigenvalue weighted by Gasteiger charge is 2.23. The van der Waals surface area contributed by atoms with E-state index in [1.54, 1.807) is 0 Å². The van der Waals surface area contributed by atoms with Crippen molar-refractivity contribution in [2.24, 2.45) is 7.05 Å². The second-order valence-corrected chi connectivity index (χ2v) is 6.99. The first-order valence-electron chi connectivity index (χ1n) is 8.26. The van der Waals surface area contributed by atoms with Crippen LogP contribution in [0.25, 0.3) is 11.3 Å². The number of aromatic nitrogens is 2. The Bertz CT molecular complexity index is 681. The number of thioether (sulfide) groups is 1. The third-order valence-electron chi connectivity index (χ3n) is 4.26. The number of imidazole rings is 1. The Kier molecular flexibility index (Phi) is 5.58. The van der Waals surface area contributed by atoms with E-state index >= 15 is 0 Å².